The van der Waals surface area contributed by atoms with Crippen molar-refractivity contribution in [1.29, 1.82) is 0 Å². The number of hydrogen-bond donors (Lipinski definition) is 1. The highest BCUT2D eigenvalue weighted by atomic mass is 32.1. The zero-order valence-corrected chi connectivity index (χ0v) is 11.4. The Labute approximate surface area is 110 Å². The van der Waals surface area contributed by atoms with Gasteiger partial charge in [0, 0.05) is 24.5 Å². The Bertz CT molecular complexity index is 419. The van der Waals surface area contributed by atoms with Crippen molar-refractivity contribution < 1.29 is 14.6 Å². The third-order valence-corrected chi connectivity index (χ3v) is 3.99. The van der Waals surface area contributed by atoms with Crippen LogP contribution in [0.4, 0.5) is 0 Å². The van der Waals surface area contributed by atoms with Gasteiger partial charge in [-0.15, -0.1) is 11.3 Å². The van der Waals surface area contributed by atoms with Crippen LogP contribution in [0.15, 0.2) is 5.38 Å². The second-order valence-corrected chi connectivity index (χ2v) is 5.59. The van der Waals surface area contributed by atoms with Gasteiger partial charge in [0.15, 0.2) is 0 Å². The maximum Gasteiger partial charge on any atom is 0.309 e. The van der Waals surface area contributed by atoms with E-state index in [0.29, 0.717) is 18.3 Å². The van der Waals surface area contributed by atoms with E-state index >= 15 is 0 Å². The Balaban J connectivity index is 2.02. The lowest BCUT2D eigenvalue weighted by Crippen LogP contribution is -2.42. The predicted molar refractivity (Wildman–Crippen MR) is 68.9 cm³/mol. The van der Waals surface area contributed by atoms with E-state index in [0.717, 1.165) is 18.1 Å². The minimum Gasteiger partial charge on any atom is -0.481 e. The summed E-state index contributed by atoms with van der Waals surface area (Å²) in [5.74, 6) is -0.847. The van der Waals surface area contributed by atoms with E-state index in [4.69, 9.17) is 9.84 Å². The third-order valence-electron chi connectivity index (χ3n) is 3.01. The van der Waals surface area contributed by atoms with Crippen molar-refractivity contribution in [1.82, 2.24) is 9.88 Å². The average molecular weight is 270 g/mol. The lowest BCUT2D eigenvalue weighted by Gasteiger charge is -2.34. The Hall–Kier alpha value is -0.980. The molecule has 2 rings (SSSR count). The first-order chi connectivity index (χ1) is 8.56. The minimum absolute atomic E-state index is 0.0168. The van der Waals surface area contributed by atoms with Gasteiger partial charge in [0.25, 0.3) is 0 Å². The van der Waals surface area contributed by atoms with E-state index in [9.17, 15) is 4.79 Å². The van der Waals surface area contributed by atoms with E-state index in [1.54, 1.807) is 5.38 Å². The quantitative estimate of drug-likeness (QED) is 0.899. The van der Waals surface area contributed by atoms with Crippen molar-refractivity contribution in [3.05, 3.63) is 16.1 Å². The lowest BCUT2D eigenvalue weighted by molar-refractivity contribution is -0.136. The van der Waals surface area contributed by atoms with Crippen molar-refractivity contribution >= 4 is 17.3 Å². The number of morpholine rings is 1. The summed E-state index contributed by atoms with van der Waals surface area (Å²) in [6, 6.07) is 0.495. The first-order valence-corrected chi connectivity index (χ1v) is 6.96. The minimum atomic E-state index is -0.847. The second-order valence-electron chi connectivity index (χ2n) is 4.70. The topological polar surface area (TPSA) is 62.7 Å². The molecule has 18 heavy (non-hydrogen) atoms. The molecule has 1 aliphatic rings. The zero-order chi connectivity index (χ0) is 13.1. The Kier molecular flexibility index (Phi) is 4.31. The average Bonchev–Trinajstić information content (AvgIpc) is 2.77. The standard InChI is InChI=1S/C12H18N2O3S/c1-8(2)14-3-4-17-10(6-14)12-13-9(7-18-12)5-11(15)16/h7-8,10H,3-6H2,1-2H3,(H,15,16). The number of aromatic nitrogens is 1. The van der Waals surface area contributed by atoms with Crippen LogP contribution >= 0.6 is 11.3 Å². The smallest absolute Gasteiger partial charge is 0.309 e. The molecule has 0 spiro atoms. The van der Waals surface area contributed by atoms with E-state index in [-0.39, 0.29) is 12.5 Å². The molecule has 0 bridgehead atoms. The van der Waals surface area contributed by atoms with Crippen molar-refractivity contribution in [2.45, 2.75) is 32.4 Å². The van der Waals surface area contributed by atoms with Gasteiger partial charge in [0.1, 0.15) is 11.1 Å². The van der Waals surface area contributed by atoms with Gasteiger partial charge in [0.05, 0.1) is 18.7 Å². The number of carbonyl (C=O) groups is 1. The van der Waals surface area contributed by atoms with Gasteiger partial charge in [-0.25, -0.2) is 4.98 Å². The summed E-state index contributed by atoms with van der Waals surface area (Å²) in [5, 5.41) is 11.4. The van der Waals surface area contributed by atoms with Crippen LogP contribution in [0.3, 0.4) is 0 Å². The predicted octanol–water partition coefficient (Wildman–Crippen LogP) is 1.55. The van der Waals surface area contributed by atoms with Gasteiger partial charge in [-0.3, -0.25) is 9.69 Å². The van der Waals surface area contributed by atoms with Gasteiger partial charge >= 0.3 is 5.97 Å². The molecule has 0 amide bonds. The first-order valence-electron chi connectivity index (χ1n) is 6.08. The first kappa shape index (κ1) is 13.5. The third kappa shape index (κ3) is 3.28. The van der Waals surface area contributed by atoms with E-state index in [1.807, 2.05) is 0 Å². The highest BCUT2D eigenvalue weighted by Crippen LogP contribution is 2.26. The number of ether oxygens (including phenoxy) is 1. The number of aliphatic carboxylic acids is 1. The van der Waals surface area contributed by atoms with Crippen LogP contribution in [0.2, 0.25) is 0 Å². The molecule has 1 fully saturated rings. The van der Waals surface area contributed by atoms with Gasteiger partial charge in [-0.1, -0.05) is 0 Å². The summed E-state index contributed by atoms with van der Waals surface area (Å²) >= 11 is 1.49. The van der Waals surface area contributed by atoms with Crippen molar-refractivity contribution in [2.24, 2.45) is 0 Å². The van der Waals surface area contributed by atoms with E-state index in [1.165, 1.54) is 11.3 Å². The summed E-state index contributed by atoms with van der Waals surface area (Å²) in [5.41, 5.74) is 0.618. The molecule has 1 atom stereocenters. The van der Waals surface area contributed by atoms with Gasteiger partial charge in [-0.2, -0.15) is 0 Å². The van der Waals surface area contributed by atoms with Crippen molar-refractivity contribution in [3.63, 3.8) is 0 Å². The van der Waals surface area contributed by atoms with Gasteiger partial charge < -0.3 is 9.84 Å². The SMILES string of the molecule is CC(C)N1CCOC(c2nc(CC(=O)O)cs2)C1. The molecule has 0 aromatic carbocycles. The molecule has 6 heteroatoms. The van der Waals surface area contributed by atoms with Crippen LogP contribution < -0.4 is 0 Å². The molecule has 1 saturated heterocycles. The highest BCUT2D eigenvalue weighted by molar-refractivity contribution is 7.09. The Morgan fingerprint density at radius 2 is 2.50 bits per heavy atom. The molecular formula is C12H18N2O3S. The van der Waals surface area contributed by atoms with Crippen molar-refractivity contribution in [2.75, 3.05) is 19.7 Å². The van der Waals surface area contributed by atoms with Crippen LogP contribution in [0.1, 0.15) is 30.7 Å². The molecule has 1 aromatic rings. The van der Waals surface area contributed by atoms with Crippen LogP contribution in [0, 0.1) is 0 Å². The van der Waals surface area contributed by atoms with Gasteiger partial charge in [-0.05, 0) is 13.8 Å². The number of carboxylic acid groups (broad SMARTS) is 1. The van der Waals surface area contributed by atoms with Crippen molar-refractivity contribution in [3.8, 4) is 0 Å². The summed E-state index contributed by atoms with van der Waals surface area (Å²) in [6.45, 7) is 6.82. The monoisotopic (exact) mass is 270 g/mol. The molecule has 2 heterocycles. The zero-order valence-electron chi connectivity index (χ0n) is 10.6. The van der Waals surface area contributed by atoms with Crippen LogP contribution in [-0.4, -0.2) is 46.7 Å². The van der Waals surface area contributed by atoms with Gasteiger partial charge in [0.2, 0.25) is 0 Å². The molecule has 1 aliphatic heterocycles. The number of rotatable bonds is 4. The maximum atomic E-state index is 10.6. The molecular weight excluding hydrogens is 252 g/mol. The fourth-order valence-corrected chi connectivity index (χ4v) is 2.85. The fraction of sp³-hybridized carbons (Fsp3) is 0.667. The Morgan fingerprint density at radius 1 is 1.72 bits per heavy atom. The van der Waals surface area contributed by atoms with Crippen LogP contribution in [-0.2, 0) is 16.0 Å². The molecule has 0 radical (unpaired) electrons. The van der Waals surface area contributed by atoms with Crippen LogP contribution in [0.5, 0.6) is 0 Å². The number of thiazole rings is 1. The highest BCUT2D eigenvalue weighted by Gasteiger charge is 2.25. The lowest BCUT2D eigenvalue weighted by atomic mass is 10.2. The number of carboxylic acids is 1. The summed E-state index contributed by atoms with van der Waals surface area (Å²) in [4.78, 5) is 17.3. The fourth-order valence-electron chi connectivity index (χ4n) is 1.99. The number of nitrogens with zero attached hydrogens (tertiary/aromatic N) is 2. The van der Waals surface area contributed by atoms with Crippen LogP contribution in [0.25, 0.3) is 0 Å². The summed E-state index contributed by atoms with van der Waals surface area (Å²) in [7, 11) is 0. The molecule has 1 unspecified atom stereocenters. The molecule has 1 aromatic heterocycles. The largest absolute Gasteiger partial charge is 0.481 e. The summed E-state index contributed by atoms with van der Waals surface area (Å²) in [6.07, 6.45) is -0.0365. The summed E-state index contributed by atoms with van der Waals surface area (Å²) < 4.78 is 5.72. The normalized spacial score (nSPS) is 21.4. The second kappa shape index (κ2) is 5.77. The molecule has 1 N–H and O–H groups in total. The van der Waals surface area contributed by atoms with E-state index < -0.39 is 5.97 Å². The molecule has 0 aliphatic carbocycles. The number of hydrogen-bond acceptors (Lipinski definition) is 5. The molecule has 0 saturated carbocycles. The van der Waals surface area contributed by atoms with E-state index in [2.05, 4.69) is 23.7 Å². The Morgan fingerprint density at radius 3 is 3.17 bits per heavy atom. The molecule has 5 nitrogen and oxygen atoms in total. The molecule has 100 valence electrons. The maximum absolute atomic E-state index is 10.6.